The predicted molar refractivity (Wildman–Crippen MR) is 104 cm³/mol. The van der Waals surface area contributed by atoms with Crippen LogP contribution in [0.5, 0.6) is 0 Å². The highest BCUT2D eigenvalue weighted by molar-refractivity contribution is 7.99. The first-order valence-corrected chi connectivity index (χ1v) is 9.70. The molecule has 1 saturated heterocycles. The number of carbonyl (C=O) groups excluding carboxylic acids is 1. The Balaban J connectivity index is 1.53. The smallest absolute Gasteiger partial charge is 0.339 e. The second-order valence-corrected chi connectivity index (χ2v) is 7.00. The van der Waals surface area contributed by atoms with Crippen molar-refractivity contribution in [3.8, 4) is 0 Å². The molecule has 2 heterocycles. The highest BCUT2D eigenvalue weighted by Gasteiger charge is 2.11. The Morgan fingerprint density at radius 2 is 1.96 bits per heavy atom. The van der Waals surface area contributed by atoms with Gasteiger partial charge in [-0.1, -0.05) is 12.1 Å². The molecule has 1 fully saturated rings. The number of carbonyl (C=O) groups is 1. The van der Waals surface area contributed by atoms with E-state index in [9.17, 15) is 4.79 Å². The van der Waals surface area contributed by atoms with Crippen LogP contribution in [0, 0.1) is 0 Å². The number of ether oxygens (including phenoxy) is 1. The fourth-order valence-electron chi connectivity index (χ4n) is 2.67. The topological polar surface area (TPSA) is 54.5 Å². The number of thioether (sulfide) groups is 1. The van der Waals surface area contributed by atoms with Crippen LogP contribution in [0.4, 0.5) is 11.5 Å². The largest absolute Gasteiger partial charge is 0.462 e. The van der Waals surface area contributed by atoms with Gasteiger partial charge >= 0.3 is 5.97 Å². The van der Waals surface area contributed by atoms with E-state index in [0.717, 1.165) is 18.9 Å². The summed E-state index contributed by atoms with van der Waals surface area (Å²) in [5.74, 6) is 2.81. The maximum atomic E-state index is 11.6. The van der Waals surface area contributed by atoms with Crippen LogP contribution in [0.3, 0.4) is 0 Å². The lowest BCUT2D eigenvalue weighted by atomic mass is 10.2. The third-order valence-electron chi connectivity index (χ3n) is 4.06. The SMILES string of the molecule is CCOC(=O)c1ccc(NCc2ccc(N3CCSCC3)cc2)nc1. The summed E-state index contributed by atoms with van der Waals surface area (Å²) in [4.78, 5) is 18.3. The van der Waals surface area contributed by atoms with Gasteiger partial charge in [0.05, 0.1) is 12.2 Å². The zero-order valence-corrected chi connectivity index (χ0v) is 15.2. The van der Waals surface area contributed by atoms with Gasteiger partial charge in [0.25, 0.3) is 0 Å². The standard InChI is InChI=1S/C19H23N3O2S/c1-2-24-19(23)16-5-8-18(21-14-16)20-13-15-3-6-17(7-4-15)22-9-11-25-12-10-22/h3-8,14H,2,9-13H2,1H3,(H,20,21). The number of anilines is 2. The highest BCUT2D eigenvalue weighted by atomic mass is 32.2. The normalized spacial score (nSPS) is 14.2. The summed E-state index contributed by atoms with van der Waals surface area (Å²) in [6.45, 7) is 5.10. The van der Waals surface area contributed by atoms with E-state index in [4.69, 9.17) is 4.74 Å². The maximum Gasteiger partial charge on any atom is 0.339 e. The second-order valence-electron chi connectivity index (χ2n) is 5.77. The van der Waals surface area contributed by atoms with Crippen LogP contribution < -0.4 is 10.2 Å². The molecule has 1 aliphatic rings. The van der Waals surface area contributed by atoms with Crippen LogP contribution >= 0.6 is 11.8 Å². The molecule has 0 aliphatic carbocycles. The van der Waals surface area contributed by atoms with Crippen molar-refractivity contribution >= 4 is 29.2 Å². The highest BCUT2D eigenvalue weighted by Crippen LogP contribution is 2.20. The maximum absolute atomic E-state index is 11.6. The summed E-state index contributed by atoms with van der Waals surface area (Å²) >= 11 is 2.02. The molecule has 1 aromatic carbocycles. The molecular formula is C19H23N3O2S. The first kappa shape index (κ1) is 17.6. The number of nitrogens with zero attached hydrogens (tertiary/aromatic N) is 2. The van der Waals surface area contributed by atoms with E-state index in [-0.39, 0.29) is 5.97 Å². The second kappa shape index (κ2) is 8.76. The van der Waals surface area contributed by atoms with E-state index in [1.807, 2.05) is 11.8 Å². The van der Waals surface area contributed by atoms with Gasteiger partial charge in [-0.05, 0) is 36.8 Å². The quantitative estimate of drug-likeness (QED) is 0.800. The Hall–Kier alpha value is -2.21. The number of hydrogen-bond donors (Lipinski definition) is 1. The molecule has 5 nitrogen and oxygen atoms in total. The summed E-state index contributed by atoms with van der Waals surface area (Å²) in [6.07, 6.45) is 1.54. The lowest BCUT2D eigenvalue weighted by molar-refractivity contribution is 0.0526. The summed E-state index contributed by atoms with van der Waals surface area (Å²) in [7, 11) is 0. The van der Waals surface area contributed by atoms with E-state index in [2.05, 4.69) is 39.5 Å². The fourth-order valence-corrected chi connectivity index (χ4v) is 3.58. The molecule has 1 aromatic heterocycles. The van der Waals surface area contributed by atoms with Gasteiger partial charge in [0.1, 0.15) is 5.82 Å². The Morgan fingerprint density at radius 3 is 2.60 bits per heavy atom. The van der Waals surface area contributed by atoms with Gasteiger partial charge in [0.2, 0.25) is 0 Å². The average molecular weight is 357 g/mol. The van der Waals surface area contributed by atoms with Gasteiger partial charge in [0, 0.05) is 43.0 Å². The Bertz CT molecular complexity index is 683. The van der Waals surface area contributed by atoms with E-state index in [1.54, 1.807) is 19.1 Å². The molecule has 0 saturated carbocycles. The first-order valence-electron chi connectivity index (χ1n) is 8.55. The Kier molecular flexibility index (Phi) is 6.17. The Labute approximate surface area is 152 Å². The van der Waals surface area contributed by atoms with Crippen molar-refractivity contribution in [2.24, 2.45) is 0 Å². The molecule has 2 aromatic rings. The van der Waals surface area contributed by atoms with Crippen molar-refractivity contribution in [1.82, 2.24) is 4.98 Å². The van der Waals surface area contributed by atoms with Crippen molar-refractivity contribution < 1.29 is 9.53 Å². The minimum Gasteiger partial charge on any atom is -0.462 e. The van der Waals surface area contributed by atoms with Crippen LogP contribution in [0.25, 0.3) is 0 Å². The third kappa shape index (κ3) is 4.89. The van der Waals surface area contributed by atoms with Gasteiger partial charge in [-0.2, -0.15) is 11.8 Å². The van der Waals surface area contributed by atoms with Gasteiger partial charge in [-0.15, -0.1) is 0 Å². The van der Waals surface area contributed by atoms with Gasteiger partial charge < -0.3 is 15.0 Å². The van der Waals surface area contributed by atoms with Crippen molar-refractivity contribution in [1.29, 1.82) is 0 Å². The molecule has 1 N–H and O–H groups in total. The molecule has 0 bridgehead atoms. The summed E-state index contributed by atoms with van der Waals surface area (Å²) in [5, 5.41) is 3.28. The van der Waals surface area contributed by atoms with E-state index >= 15 is 0 Å². The van der Waals surface area contributed by atoms with Gasteiger partial charge in [-0.25, -0.2) is 9.78 Å². The monoisotopic (exact) mass is 357 g/mol. The van der Waals surface area contributed by atoms with Crippen LogP contribution in [0.1, 0.15) is 22.8 Å². The number of nitrogens with one attached hydrogen (secondary N) is 1. The zero-order valence-electron chi connectivity index (χ0n) is 14.4. The Morgan fingerprint density at radius 1 is 1.20 bits per heavy atom. The van der Waals surface area contributed by atoms with Crippen molar-refractivity contribution in [3.63, 3.8) is 0 Å². The van der Waals surface area contributed by atoms with Crippen molar-refractivity contribution in [3.05, 3.63) is 53.7 Å². The minimum atomic E-state index is -0.340. The van der Waals surface area contributed by atoms with Crippen LogP contribution in [0.15, 0.2) is 42.6 Å². The molecule has 0 amide bonds. The van der Waals surface area contributed by atoms with Crippen molar-refractivity contribution in [2.45, 2.75) is 13.5 Å². The van der Waals surface area contributed by atoms with Gasteiger partial charge in [0.15, 0.2) is 0 Å². The van der Waals surface area contributed by atoms with E-state index in [1.165, 1.54) is 29.0 Å². The third-order valence-corrected chi connectivity index (χ3v) is 5.00. The molecule has 1 aliphatic heterocycles. The number of rotatable bonds is 6. The molecule has 0 atom stereocenters. The number of esters is 1. The molecular weight excluding hydrogens is 334 g/mol. The number of pyridine rings is 1. The lowest BCUT2D eigenvalue weighted by Crippen LogP contribution is -2.32. The van der Waals surface area contributed by atoms with Gasteiger partial charge in [-0.3, -0.25) is 0 Å². The van der Waals surface area contributed by atoms with Crippen LogP contribution in [-0.2, 0) is 11.3 Å². The summed E-state index contributed by atoms with van der Waals surface area (Å²) < 4.78 is 4.95. The molecule has 3 rings (SSSR count). The average Bonchev–Trinajstić information content (AvgIpc) is 2.68. The lowest BCUT2D eigenvalue weighted by Gasteiger charge is -2.28. The van der Waals surface area contributed by atoms with E-state index < -0.39 is 0 Å². The molecule has 0 spiro atoms. The molecule has 6 heteroatoms. The first-order chi connectivity index (χ1) is 12.3. The summed E-state index contributed by atoms with van der Waals surface area (Å²) in [5.41, 5.74) is 2.96. The van der Waals surface area contributed by atoms with E-state index in [0.29, 0.717) is 18.7 Å². The van der Waals surface area contributed by atoms with Crippen molar-refractivity contribution in [2.75, 3.05) is 41.4 Å². The molecule has 132 valence electrons. The molecule has 0 unspecified atom stereocenters. The molecule has 0 radical (unpaired) electrons. The molecule has 25 heavy (non-hydrogen) atoms. The number of hydrogen-bond acceptors (Lipinski definition) is 6. The summed E-state index contributed by atoms with van der Waals surface area (Å²) in [6, 6.07) is 12.2. The zero-order chi connectivity index (χ0) is 17.5. The number of benzene rings is 1. The minimum absolute atomic E-state index is 0.340. The predicted octanol–water partition coefficient (Wildman–Crippen LogP) is 3.42. The fraction of sp³-hybridized carbons (Fsp3) is 0.368. The van der Waals surface area contributed by atoms with Crippen LogP contribution in [-0.4, -0.2) is 42.2 Å². The van der Waals surface area contributed by atoms with Crippen LogP contribution in [0.2, 0.25) is 0 Å². The number of aromatic nitrogens is 1.